The van der Waals surface area contributed by atoms with Crippen LogP contribution in [0.4, 0.5) is 5.69 Å². The zero-order valence-electron chi connectivity index (χ0n) is 21.6. The number of unbranched alkanes of at least 4 members (excludes halogenated alkanes) is 1. The molecule has 2 amide bonds. The van der Waals surface area contributed by atoms with Crippen LogP contribution < -0.4 is 9.62 Å². The topological polar surface area (TPSA) is 86.8 Å². The highest BCUT2D eigenvalue weighted by molar-refractivity contribution is 7.92. The second-order valence-electron chi connectivity index (χ2n) is 9.04. The number of sulfonamides is 1. The summed E-state index contributed by atoms with van der Waals surface area (Å²) in [7, 11) is -3.50. The number of hydrogen-bond donors (Lipinski definition) is 1. The van der Waals surface area contributed by atoms with E-state index in [1.165, 1.54) is 10.6 Å². The van der Waals surface area contributed by atoms with Crippen LogP contribution in [0.1, 0.15) is 56.2 Å². The zero-order valence-corrected chi connectivity index (χ0v) is 22.4. The molecule has 1 N–H and O–H groups in total. The summed E-state index contributed by atoms with van der Waals surface area (Å²) in [4.78, 5) is 27.7. The van der Waals surface area contributed by atoms with Gasteiger partial charge in [-0.05, 0) is 56.9 Å². The van der Waals surface area contributed by atoms with Crippen LogP contribution in [0.25, 0.3) is 0 Å². The molecular formula is C27H39N3O4S. The number of aryl methyl sites for hydroxylation is 2. The van der Waals surface area contributed by atoms with Gasteiger partial charge in [0.25, 0.3) is 0 Å². The largest absolute Gasteiger partial charge is 0.354 e. The number of nitrogens with zero attached hydrogens (tertiary/aromatic N) is 2. The molecule has 0 saturated carbocycles. The molecule has 0 bridgehead atoms. The first-order valence-corrected chi connectivity index (χ1v) is 14.1. The van der Waals surface area contributed by atoms with Crippen LogP contribution in [0, 0.1) is 13.8 Å². The predicted octanol–water partition coefficient (Wildman–Crippen LogP) is 4.18. The van der Waals surface area contributed by atoms with Crippen molar-refractivity contribution in [3.05, 3.63) is 65.2 Å². The van der Waals surface area contributed by atoms with Gasteiger partial charge in [0.2, 0.25) is 21.8 Å². The monoisotopic (exact) mass is 501 g/mol. The molecule has 192 valence electrons. The number of amides is 2. The minimum Gasteiger partial charge on any atom is -0.354 e. The van der Waals surface area contributed by atoms with Crippen molar-refractivity contribution in [2.24, 2.45) is 0 Å². The summed E-state index contributed by atoms with van der Waals surface area (Å²) >= 11 is 0. The molecular weight excluding hydrogens is 462 g/mol. The molecule has 2 aromatic rings. The Hall–Kier alpha value is -2.87. The normalized spacial score (nSPS) is 12.1. The smallest absolute Gasteiger partial charge is 0.242 e. The lowest BCUT2D eigenvalue weighted by Gasteiger charge is -2.30. The molecule has 1 atom stereocenters. The van der Waals surface area contributed by atoms with Crippen LogP contribution >= 0.6 is 0 Å². The molecule has 0 spiro atoms. The average molecular weight is 502 g/mol. The Morgan fingerprint density at radius 2 is 1.66 bits per heavy atom. The maximum atomic E-state index is 13.3. The maximum absolute atomic E-state index is 13.3. The van der Waals surface area contributed by atoms with Gasteiger partial charge in [-0.1, -0.05) is 55.3 Å². The minimum absolute atomic E-state index is 0.135. The first-order valence-electron chi connectivity index (χ1n) is 12.2. The molecule has 0 fully saturated rings. The molecule has 2 rings (SSSR count). The summed E-state index contributed by atoms with van der Waals surface area (Å²) in [6, 6.07) is 14.4. The molecule has 35 heavy (non-hydrogen) atoms. The molecule has 1 unspecified atom stereocenters. The summed E-state index contributed by atoms with van der Waals surface area (Å²) in [5, 5.41) is 2.92. The highest BCUT2D eigenvalue weighted by atomic mass is 32.2. The van der Waals surface area contributed by atoms with Gasteiger partial charge in [-0.2, -0.15) is 0 Å². The fraction of sp³-hybridized carbons (Fsp3) is 0.481. The number of carbonyl (C=O) groups excluding carboxylic acids is 2. The van der Waals surface area contributed by atoms with Crippen LogP contribution in [-0.2, 0) is 26.2 Å². The third kappa shape index (κ3) is 8.69. The molecule has 0 aromatic heterocycles. The van der Waals surface area contributed by atoms with Gasteiger partial charge in [-0.25, -0.2) is 8.42 Å². The average Bonchev–Trinajstić information content (AvgIpc) is 2.81. The van der Waals surface area contributed by atoms with Gasteiger partial charge >= 0.3 is 0 Å². The summed E-state index contributed by atoms with van der Waals surface area (Å²) in [5.74, 6) is -0.360. The lowest BCUT2D eigenvalue weighted by atomic mass is 10.1. The van der Waals surface area contributed by atoms with Crippen molar-refractivity contribution in [2.75, 3.05) is 23.7 Å². The molecule has 0 radical (unpaired) electrons. The van der Waals surface area contributed by atoms with Gasteiger partial charge in [0.15, 0.2) is 0 Å². The highest BCUT2D eigenvalue weighted by Gasteiger charge is 2.26. The summed E-state index contributed by atoms with van der Waals surface area (Å²) in [6.45, 7) is 8.80. The van der Waals surface area contributed by atoms with Gasteiger partial charge in [0.05, 0.1) is 11.9 Å². The van der Waals surface area contributed by atoms with Gasteiger partial charge in [0, 0.05) is 26.1 Å². The number of hydrogen-bond acceptors (Lipinski definition) is 4. The van der Waals surface area contributed by atoms with E-state index in [2.05, 4.69) is 12.2 Å². The second kappa shape index (κ2) is 13.3. The summed E-state index contributed by atoms with van der Waals surface area (Å²) in [6.07, 6.45) is 3.50. The van der Waals surface area contributed by atoms with Crippen molar-refractivity contribution in [1.82, 2.24) is 10.2 Å². The molecule has 0 aliphatic carbocycles. The Labute approximate surface area is 210 Å². The van der Waals surface area contributed by atoms with Crippen LogP contribution in [0.2, 0.25) is 0 Å². The van der Waals surface area contributed by atoms with Gasteiger partial charge < -0.3 is 10.2 Å². The van der Waals surface area contributed by atoms with E-state index in [0.717, 1.165) is 29.5 Å². The third-order valence-corrected chi connectivity index (χ3v) is 7.27. The van der Waals surface area contributed by atoms with Gasteiger partial charge in [-0.15, -0.1) is 0 Å². The fourth-order valence-electron chi connectivity index (χ4n) is 3.80. The van der Waals surface area contributed by atoms with E-state index in [9.17, 15) is 18.0 Å². The Morgan fingerprint density at radius 1 is 1.00 bits per heavy atom. The van der Waals surface area contributed by atoms with Crippen LogP contribution in [-0.4, -0.2) is 50.5 Å². The fourth-order valence-corrected chi connectivity index (χ4v) is 4.77. The molecule has 0 saturated heterocycles. The summed E-state index contributed by atoms with van der Waals surface area (Å²) < 4.78 is 26.1. The Balaban J connectivity index is 2.14. The van der Waals surface area contributed by atoms with Gasteiger partial charge in [-0.3, -0.25) is 13.9 Å². The van der Waals surface area contributed by atoms with Crippen LogP contribution in [0.15, 0.2) is 48.5 Å². The maximum Gasteiger partial charge on any atom is 0.242 e. The van der Waals surface area contributed by atoms with Crippen LogP contribution in [0.3, 0.4) is 0 Å². The Kier molecular flexibility index (Phi) is 10.8. The van der Waals surface area contributed by atoms with E-state index in [4.69, 9.17) is 0 Å². The number of rotatable bonds is 13. The highest BCUT2D eigenvalue weighted by Crippen LogP contribution is 2.20. The number of anilines is 1. The van der Waals surface area contributed by atoms with Crippen molar-refractivity contribution < 1.29 is 18.0 Å². The SMILES string of the molecule is CCCCNC(=O)C(C)N(Cc1ccccc1C)C(=O)CCCN(c1ccc(C)cc1)S(C)(=O)=O. The molecule has 2 aromatic carbocycles. The van der Waals surface area contributed by atoms with E-state index in [1.807, 2.05) is 50.2 Å². The molecule has 8 heteroatoms. The summed E-state index contributed by atoms with van der Waals surface area (Å²) in [5.41, 5.74) is 3.64. The Bertz CT molecular complexity index is 1080. The first kappa shape index (κ1) is 28.4. The molecule has 0 heterocycles. The molecule has 7 nitrogen and oxygen atoms in total. The third-order valence-electron chi connectivity index (χ3n) is 6.07. The Morgan fingerprint density at radius 3 is 2.26 bits per heavy atom. The van der Waals surface area contributed by atoms with Crippen molar-refractivity contribution in [1.29, 1.82) is 0 Å². The van der Waals surface area contributed by atoms with E-state index >= 15 is 0 Å². The van der Waals surface area contributed by atoms with Crippen molar-refractivity contribution in [3.8, 4) is 0 Å². The van der Waals surface area contributed by atoms with Gasteiger partial charge in [0.1, 0.15) is 6.04 Å². The van der Waals surface area contributed by atoms with Crippen molar-refractivity contribution >= 4 is 27.5 Å². The quantitative estimate of drug-likeness (QED) is 0.417. The number of benzene rings is 2. The van der Waals surface area contributed by atoms with Crippen LogP contribution in [0.5, 0.6) is 0 Å². The van der Waals surface area contributed by atoms with E-state index in [1.54, 1.807) is 24.0 Å². The lowest BCUT2D eigenvalue weighted by molar-refractivity contribution is -0.140. The number of carbonyl (C=O) groups is 2. The van der Waals surface area contributed by atoms with E-state index in [0.29, 0.717) is 25.2 Å². The van der Waals surface area contributed by atoms with E-state index < -0.39 is 16.1 Å². The standard InChI is InChI=1S/C27H39N3O4S/c1-6-7-18-28-27(32)23(4)29(20-24-12-9-8-11-22(24)3)26(31)13-10-19-30(35(5,33)34)25-16-14-21(2)15-17-25/h8-9,11-12,14-17,23H,6-7,10,13,18-20H2,1-5H3,(H,28,32). The molecule has 0 aliphatic rings. The number of nitrogens with one attached hydrogen (secondary N) is 1. The second-order valence-corrected chi connectivity index (χ2v) is 10.9. The van der Waals surface area contributed by atoms with Crippen molar-refractivity contribution in [2.45, 2.75) is 66.0 Å². The van der Waals surface area contributed by atoms with E-state index in [-0.39, 0.29) is 24.8 Å². The lowest BCUT2D eigenvalue weighted by Crippen LogP contribution is -2.48. The minimum atomic E-state index is -3.50. The van der Waals surface area contributed by atoms with Crippen molar-refractivity contribution in [3.63, 3.8) is 0 Å². The zero-order chi connectivity index (χ0) is 26.0. The predicted molar refractivity (Wildman–Crippen MR) is 142 cm³/mol. The molecule has 0 aliphatic heterocycles. The first-order chi connectivity index (χ1) is 16.5.